The minimum absolute atomic E-state index is 0.212. The Morgan fingerprint density at radius 2 is 1.72 bits per heavy atom. The molecule has 2 aliphatic heterocycles. The van der Waals surface area contributed by atoms with Crippen molar-refractivity contribution >= 4 is 11.4 Å². The van der Waals surface area contributed by atoms with Gasteiger partial charge < -0.3 is 9.80 Å². The Morgan fingerprint density at radius 3 is 2.44 bits per heavy atom. The maximum Gasteiger partial charge on any atom is 0.169 e. The number of hydrogen-bond donors (Lipinski definition) is 0. The van der Waals surface area contributed by atoms with Crippen LogP contribution in [0.15, 0.2) is 48.5 Å². The molecule has 0 amide bonds. The van der Waals surface area contributed by atoms with Crippen molar-refractivity contribution in [2.75, 3.05) is 29.4 Å². The van der Waals surface area contributed by atoms with Crippen molar-refractivity contribution in [1.29, 1.82) is 10.5 Å². The predicted octanol–water partition coefficient (Wildman–Crippen LogP) is 3.11. The van der Waals surface area contributed by atoms with Crippen LogP contribution < -0.4 is 9.80 Å². The first kappa shape index (κ1) is 15.5. The maximum atomic E-state index is 13.2. The van der Waals surface area contributed by atoms with E-state index in [-0.39, 0.29) is 11.9 Å². The predicted molar refractivity (Wildman–Crippen MR) is 93.6 cm³/mol. The molecule has 2 aliphatic rings. The van der Waals surface area contributed by atoms with Gasteiger partial charge in [0.15, 0.2) is 5.41 Å². The van der Waals surface area contributed by atoms with E-state index in [0.29, 0.717) is 13.0 Å². The molecule has 1 unspecified atom stereocenters. The lowest BCUT2D eigenvalue weighted by atomic mass is 9.72. The van der Waals surface area contributed by atoms with Gasteiger partial charge in [-0.05, 0) is 35.9 Å². The van der Waals surface area contributed by atoms with E-state index in [1.807, 2.05) is 18.2 Å². The van der Waals surface area contributed by atoms with Crippen LogP contribution in [-0.2, 0) is 6.42 Å². The molecule has 25 heavy (non-hydrogen) atoms. The summed E-state index contributed by atoms with van der Waals surface area (Å²) in [7, 11) is 0. The molecule has 0 bridgehead atoms. The first-order chi connectivity index (χ1) is 12.2. The Labute approximate surface area is 146 Å². The smallest absolute Gasteiger partial charge is 0.169 e. The van der Waals surface area contributed by atoms with Crippen molar-refractivity contribution in [3.05, 3.63) is 59.9 Å². The molecule has 0 aliphatic carbocycles. The molecule has 2 aromatic rings. The highest BCUT2D eigenvalue weighted by atomic mass is 19.1. The van der Waals surface area contributed by atoms with Gasteiger partial charge in [-0.15, -0.1) is 0 Å². The first-order valence-corrected chi connectivity index (χ1v) is 8.34. The number of hydrogen-bond acceptors (Lipinski definition) is 4. The molecule has 5 heteroatoms. The summed E-state index contributed by atoms with van der Waals surface area (Å²) in [5, 5.41) is 19.7. The molecule has 0 spiro atoms. The van der Waals surface area contributed by atoms with E-state index in [4.69, 9.17) is 0 Å². The van der Waals surface area contributed by atoms with E-state index in [1.165, 1.54) is 12.1 Å². The molecule has 2 heterocycles. The van der Waals surface area contributed by atoms with Crippen LogP contribution in [0.3, 0.4) is 0 Å². The van der Waals surface area contributed by atoms with E-state index in [2.05, 4.69) is 28.0 Å². The number of rotatable bonds is 1. The second kappa shape index (κ2) is 5.79. The Kier molecular flexibility index (Phi) is 3.58. The topological polar surface area (TPSA) is 54.1 Å². The third-order valence-electron chi connectivity index (χ3n) is 5.31. The van der Waals surface area contributed by atoms with Crippen molar-refractivity contribution in [2.45, 2.75) is 12.5 Å². The normalized spacial score (nSPS) is 20.8. The second-order valence-corrected chi connectivity index (χ2v) is 6.63. The van der Waals surface area contributed by atoms with Gasteiger partial charge in [-0.2, -0.15) is 10.5 Å². The van der Waals surface area contributed by atoms with Gasteiger partial charge in [0.25, 0.3) is 0 Å². The zero-order valence-corrected chi connectivity index (χ0v) is 13.7. The summed E-state index contributed by atoms with van der Waals surface area (Å²) in [6.45, 7) is 2.06. The van der Waals surface area contributed by atoms with Gasteiger partial charge in [-0.25, -0.2) is 4.39 Å². The fourth-order valence-corrected chi connectivity index (χ4v) is 3.99. The highest BCUT2D eigenvalue weighted by Gasteiger charge is 2.49. The molecule has 0 aromatic heterocycles. The maximum absolute atomic E-state index is 13.2. The number of nitriles is 2. The minimum atomic E-state index is -1.08. The SMILES string of the molecule is N#CC1(C#N)Cc2ccccc2N2CCN(c3ccc(F)cc3)CC21. The first-order valence-electron chi connectivity index (χ1n) is 8.34. The van der Waals surface area contributed by atoms with Crippen LogP contribution in [0.1, 0.15) is 5.56 Å². The highest BCUT2D eigenvalue weighted by molar-refractivity contribution is 5.62. The van der Waals surface area contributed by atoms with Crippen molar-refractivity contribution in [1.82, 2.24) is 0 Å². The number of nitrogens with zero attached hydrogens (tertiary/aromatic N) is 4. The number of benzene rings is 2. The lowest BCUT2D eigenvalue weighted by Gasteiger charge is -2.51. The molecule has 0 saturated carbocycles. The van der Waals surface area contributed by atoms with Gasteiger partial charge in [0.05, 0.1) is 18.2 Å². The molecule has 0 radical (unpaired) electrons. The van der Waals surface area contributed by atoms with E-state index < -0.39 is 5.41 Å². The molecule has 4 nitrogen and oxygen atoms in total. The summed E-state index contributed by atoms with van der Waals surface area (Å²) in [6, 6.07) is 18.8. The summed E-state index contributed by atoms with van der Waals surface area (Å²) in [5.41, 5.74) is 2.02. The van der Waals surface area contributed by atoms with E-state index in [9.17, 15) is 14.9 Å². The van der Waals surface area contributed by atoms with E-state index in [0.717, 1.165) is 30.0 Å². The van der Waals surface area contributed by atoms with Gasteiger partial charge in [0.1, 0.15) is 5.82 Å². The molecular weight excluding hydrogens is 315 g/mol. The van der Waals surface area contributed by atoms with Crippen LogP contribution in [0.25, 0.3) is 0 Å². The Morgan fingerprint density at radius 1 is 1.00 bits per heavy atom. The monoisotopic (exact) mass is 332 g/mol. The molecule has 1 atom stereocenters. The Balaban J connectivity index is 1.73. The fraction of sp³-hybridized carbons (Fsp3) is 0.300. The van der Waals surface area contributed by atoms with Gasteiger partial charge >= 0.3 is 0 Å². The second-order valence-electron chi connectivity index (χ2n) is 6.63. The summed E-state index contributed by atoms with van der Waals surface area (Å²) >= 11 is 0. The molecule has 124 valence electrons. The number of fused-ring (bicyclic) bond motifs is 3. The van der Waals surface area contributed by atoms with Crippen LogP contribution in [0.2, 0.25) is 0 Å². The standard InChI is InChI=1S/C20H17FN4/c21-16-5-7-17(8-6-16)24-9-10-25-18-4-2-1-3-15(18)11-20(13-22,14-23)19(25)12-24/h1-8,19H,9-12H2. The number of piperazine rings is 1. The summed E-state index contributed by atoms with van der Waals surface area (Å²) in [5.74, 6) is -0.266. The van der Waals surface area contributed by atoms with Crippen LogP contribution in [0.4, 0.5) is 15.8 Å². The number of para-hydroxylation sites is 1. The van der Waals surface area contributed by atoms with E-state index in [1.54, 1.807) is 12.1 Å². The van der Waals surface area contributed by atoms with Gasteiger partial charge in [-0.3, -0.25) is 0 Å². The quantitative estimate of drug-likeness (QED) is 0.805. The molecular formula is C20H17FN4. The van der Waals surface area contributed by atoms with Crippen molar-refractivity contribution < 1.29 is 4.39 Å². The highest BCUT2D eigenvalue weighted by Crippen LogP contribution is 2.42. The number of anilines is 2. The molecule has 1 fully saturated rings. The Bertz CT molecular complexity index is 864. The van der Waals surface area contributed by atoms with E-state index >= 15 is 0 Å². The zero-order chi connectivity index (χ0) is 17.4. The molecule has 4 rings (SSSR count). The molecule has 1 saturated heterocycles. The van der Waals surface area contributed by atoms with Gasteiger partial charge in [0, 0.05) is 37.4 Å². The lowest BCUT2D eigenvalue weighted by Crippen LogP contribution is -2.62. The summed E-state index contributed by atoms with van der Waals surface area (Å²) in [4.78, 5) is 4.34. The average Bonchev–Trinajstić information content (AvgIpc) is 2.67. The van der Waals surface area contributed by atoms with Crippen molar-refractivity contribution in [3.8, 4) is 12.1 Å². The minimum Gasteiger partial charge on any atom is -0.368 e. The van der Waals surface area contributed by atoms with Crippen molar-refractivity contribution in [3.63, 3.8) is 0 Å². The zero-order valence-electron chi connectivity index (χ0n) is 13.7. The third kappa shape index (κ3) is 2.40. The summed E-state index contributed by atoms with van der Waals surface area (Å²) in [6.07, 6.45) is 0.439. The van der Waals surface area contributed by atoms with Crippen LogP contribution >= 0.6 is 0 Å². The number of halogens is 1. The van der Waals surface area contributed by atoms with Gasteiger partial charge in [-0.1, -0.05) is 18.2 Å². The van der Waals surface area contributed by atoms with Crippen LogP contribution in [-0.4, -0.2) is 25.7 Å². The molecule has 0 N–H and O–H groups in total. The fourth-order valence-electron chi connectivity index (χ4n) is 3.99. The summed E-state index contributed by atoms with van der Waals surface area (Å²) < 4.78 is 13.2. The van der Waals surface area contributed by atoms with Crippen LogP contribution in [0.5, 0.6) is 0 Å². The molecule has 2 aromatic carbocycles. The largest absolute Gasteiger partial charge is 0.368 e. The van der Waals surface area contributed by atoms with Crippen LogP contribution in [0, 0.1) is 33.9 Å². The average molecular weight is 332 g/mol. The Hall–Kier alpha value is -3.05. The lowest BCUT2D eigenvalue weighted by molar-refractivity contribution is 0.339. The van der Waals surface area contributed by atoms with Gasteiger partial charge in [0.2, 0.25) is 0 Å². The third-order valence-corrected chi connectivity index (χ3v) is 5.31. The van der Waals surface area contributed by atoms with Crippen molar-refractivity contribution in [2.24, 2.45) is 5.41 Å².